The van der Waals surface area contributed by atoms with Crippen molar-refractivity contribution in [2.75, 3.05) is 32.9 Å². The number of nitrogens with one attached hydrogen (secondary N) is 3. The number of amides is 3. The van der Waals surface area contributed by atoms with E-state index in [1.165, 1.54) is 0 Å². The highest BCUT2D eigenvalue weighted by molar-refractivity contribution is 7.12. The predicted octanol–water partition coefficient (Wildman–Crippen LogP) is -3.27. The Bertz CT molecular complexity index is 1990. The van der Waals surface area contributed by atoms with Crippen molar-refractivity contribution in [3.8, 4) is 11.1 Å². The Kier molecular flexibility index (Phi) is 18.1. The highest BCUT2D eigenvalue weighted by atomic mass is 32.1. The number of thiophene rings is 1. The van der Waals surface area contributed by atoms with E-state index in [4.69, 9.17) is 34.0 Å². The number of hydrogen-bond acceptors (Lipinski definition) is 20. The van der Waals surface area contributed by atoms with Gasteiger partial charge in [0.05, 0.1) is 42.9 Å². The first-order valence-electron chi connectivity index (χ1n) is 20.3. The Morgan fingerprint density at radius 2 is 1.57 bits per heavy atom. The third-order valence-electron chi connectivity index (χ3n) is 10.9. The number of nitrogens with zero attached hydrogens (tertiary/aromatic N) is 3. The van der Waals surface area contributed by atoms with Crippen LogP contribution in [0.25, 0.3) is 21.6 Å². The van der Waals surface area contributed by atoms with Crippen molar-refractivity contribution < 1.29 is 93.6 Å². The van der Waals surface area contributed by atoms with Crippen LogP contribution in [0.2, 0.25) is 0 Å². The van der Waals surface area contributed by atoms with Crippen LogP contribution in [0.4, 0.5) is 0 Å². The van der Waals surface area contributed by atoms with Gasteiger partial charge in [-0.1, -0.05) is 34.9 Å². The number of aliphatic hydroxyl groups excluding tert-OH is 8. The maximum atomic E-state index is 13.3. The molecule has 3 aliphatic heterocycles. The lowest BCUT2D eigenvalue weighted by Crippen LogP contribution is -2.71. The van der Waals surface area contributed by atoms with E-state index in [0.29, 0.717) is 5.56 Å². The Balaban J connectivity index is 1.37. The first-order valence-corrected chi connectivity index (χ1v) is 21.2. The average Bonchev–Trinajstić information content (AvgIpc) is 3.76. The van der Waals surface area contributed by atoms with Gasteiger partial charge in [-0.15, -0.1) is 11.3 Å². The summed E-state index contributed by atoms with van der Waals surface area (Å²) < 4.78 is 34.3. The number of carboxylic acids is 1. The molecule has 0 unspecified atom stereocenters. The quantitative estimate of drug-likeness (QED) is 0.0284. The number of benzene rings is 1. The van der Waals surface area contributed by atoms with Crippen LogP contribution in [0, 0.1) is 6.92 Å². The van der Waals surface area contributed by atoms with Gasteiger partial charge in [-0.25, -0.2) is 4.79 Å². The lowest BCUT2D eigenvalue weighted by Gasteiger charge is -2.51. The van der Waals surface area contributed by atoms with E-state index < -0.39 is 147 Å². The minimum Gasteiger partial charge on any atom is -0.477 e. The lowest BCUT2D eigenvalue weighted by atomic mass is 9.88. The number of azide groups is 1. The Morgan fingerprint density at radius 3 is 2.18 bits per heavy atom. The van der Waals surface area contributed by atoms with Crippen LogP contribution >= 0.6 is 11.3 Å². The first kappa shape index (κ1) is 51.5. The number of aliphatic hydroxyl groups is 8. The average molecular weight is 943 g/mol. The summed E-state index contributed by atoms with van der Waals surface area (Å²) in [7, 11) is 0. The summed E-state index contributed by atoms with van der Waals surface area (Å²) in [6, 6.07) is 6.07. The first-order chi connectivity index (χ1) is 30.9. The van der Waals surface area contributed by atoms with Crippen LogP contribution in [0.5, 0.6) is 0 Å². The van der Waals surface area contributed by atoms with E-state index >= 15 is 0 Å². The summed E-state index contributed by atoms with van der Waals surface area (Å²) in [6.07, 6.45) is -25.9. The molecule has 3 aliphatic rings. The fourth-order valence-corrected chi connectivity index (χ4v) is 8.52. The van der Waals surface area contributed by atoms with Crippen molar-refractivity contribution in [3.05, 3.63) is 56.6 Å². The Hall–Kier alpha value is -4.45. The van der Waals surface area contributed by atoms with Crippen LogP contribution in [-0.2, 0) is 42.8 Å². The Morgan fingerprint density at radius 1 is 0.923 bits per heavy atom. The third kappa shape index (κ3) is 12.1. The Labute approximate surface area is 374 Å². The zero-order valence-corrected chi connectivity index (χ0v) is 36.0. The summed E-state index contributed by atoms with van der Waals surface area (Å²) >= 11 is 1.11. The molecule has 25 nitrogen and oxygen atoms in total. The van der Waals surface area contributed by atoms with E-state index in [2.05, 4.69) is 26.0 Å². The summed E-state index contributed by atoms with van der Waals surface area (Å²) in [5.41, 5.74) is 10.9. The molecule has 360 valence electrons. The normalized spacial score (nSPS) is 33.5. The molecule has 65 heavy (non-hydrogen) atoms. The van der Waals surface area contributed by atoms with Gasteiger partial charge in [-0.05, 0) is 29.5 Å². The highest BCUT2D eigenvalue weighted by Gasteiger charge is 2.60. The summed E-state index contributed by atoms with van der Waals surface area (Å²) in [6.45, 7) is 1.11. The molecule has 0 spiro atoms. The highest BCUT2D eigenvalue weighted by Crippen LogP contribution is 2.38. The molecule has 3 saturated heterocycles. The third-order valence-corrected chi connectivity index (χ3v) is 11.8. The van der Waals surface area contributed by atoms with Gasteiger partial charge < -0.3 is 90.3 Å². The largest absolute Gasteiger partial charge is 0.477 e. The van der Waals surface area contributed by atoms with Crippen molar-refractivity contribution in [2.45, 2.75) is 125 Å². The standard InChI is InChI=1S/C39H54N6O19S/c1-16-4-6-19(7-5-16)20-8-11-65-34(20)35(56)41-13-22(51)27(52)32-25(43-17(2)48)21(50)12-39(63-32,38(57)58)64-33-28(53)23(14-46)60-37(30(33)55)62-31-24(15-47)61-36(59-10-9-42-45-40)26(29(31)54)44-18(3)49/h4-8,11,21-33,36-37,46-47,50-55H,9-10,12-15H2,1-3H3,(H,41,56)(H,43,48)(H,44,49)(H,57,58)/t21-,22+,23+,24+,25+,26+,27+,28-,29+,30+,31+,32+,33-,36+,37-,39-/m0/s1. The van der Waals surface area contributed by atoms with Crippen molar-refractivity contribution in [1.29, 1.82) is 0 Å². The zero-order chi connectivity index (χ0) is 47.7. The van der Waals surface area contributed by atoms with Crippen LogP contribution in [-0.4, -0.2) is 200 Å². The number of carbonyl (C=O) groups excluding carboxylic acids is 3. The number of ether oxygens (including phenoxy) is 6. The van der Waals surface area contributed by atoms with E-state index in [1.807, 2.05) is 31.2 Å². The van der Waals surface area contributed by atoms with E-state index in [0.717, 1.165) is 36.3 Å². The predicted molar refractivity (Wildman–Crippen MR) is 219 cm³/mol. The summed E-state index contributed by atoms with van der Waals surface area (Å²) in [5, 5.41) is 112. The van der Waals surface area contributed by atoms with Crippen LogP contribution in [0.3, 0.4) is 0 Å². The van der Waals surface area contributed by atoms with Crippen molar-refractivity contribution in [1.82, 2.24) is 16.0 Å². The molecule has 0 saturated carbocycles. The van der Waals surface area contributed by atoms with Gasteiger partial charge in [0.1, 0.15) is 61.0 Å². The molecule has 12 N–H and O–H groups in total. The van der Waals surface area contributed by atoms with Gasteiger partial charge in [-0.2, -0.15) is 0 Å². The molecule has 1 aromatic heterocycles. The van der Waals surface area contributed by atoms with Crippen LogP contribution in [0.1, 0.15) is 35.5 Å². The topological polar surface area (TPSA) is 391 Å². The van der Waals surface area contributed by atoms with Gasteiger partial charge in [0.15, 0.2) is 12.6 Å². The molecular formula is C39H54N6O19S. The maximum absolute atomic E-state index is 13.3. The van der Waals surface area contributed by atoms with E-state index in [9.17, 15) is 65.1 Å². The second-order valence-corrected chi connectivity index (χ2v) is 16.5. The lowest BCUT2D eigenvalue weighted by molar-refractivity contribution is -0.382. The van der Waals surface area contributed by atoms with Gasteiger partial charge >= 0.3 is 5.97 Å². The maximum Gasteiger partial charge on any atom is 0.364 e. The van der Waals surface area contributed by atoms with Gasteiger partial charge in [0.25, 0.3) is 11.7 Å². The molecular weight excluding hydrogens is 889 g/mol. The van der Waals surface area contributed by atoms with Gasteiger partial charge in [0.2, 0.25) is 11.8 Å². The van der Waals surface area contributed by atoms with Crippen molar-refractivity contribution >= 4 is 35.0 Å². The molecule has 3 fully saturated rings. The van der Waals surface area contributed by atoms with E-state index in [-0.39, 0.29) is 18.0 Å². The zero-order valence-electron chi connectivity index (χ0n) is 35.2. The molecule has 3 amide bonds. The number of carbonyl (C=O) groups is 4. The van der Waals surface area contributed by atoms with Crippen LogP contribution < -0.4 is 16.0 Å². The fraction of sp³-hybridized carbons (Fsp3) is 0.641. The molecule has 16 atom stereocenters. The summed E-state index contributed by atoms with van der Waals surface area (Å²) in [4.78, 5) is 53.7. The molecule has 26 heteroatoms. The molecule has 1 aromatic carbocycles. The second-order valence-electron chi connectivity index (χ2n) is 15.6. The number of aliphatic carboxylic acids is 1. The molecule has 5 rings (SSSR count). The molecule has 0 bridgehead atoms. The van der Waals surface area contributed by atoms with Crippen molar-refractivity contribution in [2.24, 2.45) is 5.11 Å². The minimum atomic E-state index is -3.12. The summed E-state index contributed by atoms with van der Waals surface area (Å²) in [5.74, 6) is -7.19. The monoisotopic (exact) mass is 942 g/mol. The van der Waals surface area contributed by atoms with Gasteiger partial charge in [-0.3, -0.25) is 14.4 Å². The van der Waals surface area contributed by atoms with Gasteiger partial charge in [0, 0.05) is 43.8 Å². The SMILES string of the molecule is CC(=O)N[C@H]1[C@H](OCCN=[N+]=[N-])O[C@H](CO)[C@@H](O[C@@H]2O[C@H](CO)[C@H](O)[C@H](O[C@]3(C(=O)O)C[C@H](O)[C@@H](NC(C)=O)[C@H]([C@H](O)[C@H](O)CNC(=O)c4sccc4-c4ccc(C)cc4)O3)[C@H]2O)[C@@H]1O. The smallest absolute Gasteiger partial charge is 0.364 e. The molecule has 0 radical (unpaired) electrons. The number of hydrogen-bond donors (Lipinski definition) is 12. The number of carboxylic acid groups (broad SMARTS) is 1. The van der Waals surface area contributed by atoms with E-state index in [1.54, 1.807) is 11.4 Å². The fourth-order valence-electron chi connectivity index (χ4n) is 7.68. The number of rotatable bonds is 19. The molecule has 0 aliphatic carbocycles. The second kappa shape index (κ2) is 22.8. The van der Waals surface area contributed by atoms with Crippen molar-refractivity contribution in [3.63, 3.8) is 0 Å². The minimum absolute atomic E-state index is 0.172. The molecule has 4 heterocycles. The number of aryl methyl sites for hydroxylation is 1. The van der Waals surface area contributed by atoms with Crippen LogP contribution in [0.15, 0.2) is 40.8 Å². The molecule has 2 aromatic rings.